The van der Waals surface area contributed by atoms with E-state index >= 15 is 0 Å². The molecule has 3 nitrogen and oxygen atoms in total. The lowest BCUT2D eigenvalue weighted by Gasteiger charge is -2.21. The van der Waals surface area contributed by atoms with Gasteiger partial charge in [-0.15, -0.1) is 0 Å². The lowest BCUT2D eigenvalue weighted by atomic mass is 10.1. The van der Waals surface area contributed by atoms with Gasteiger partial charge in [0.2, 0.25) is 0 Å². The summed E-state index contributed by atoms with van der Waals surface area (Å²) in [6.45, 7) is 6.09. The quantitative estimate of drug-likeness (QED) is 0.808. The molecule has 1 aromatic carbocycles. The number of rotatable bonds is 7. The molecule has 0 aliphatic heterocycles. The van der Waals surface area contributed by atoms with E-state index in [1.54, 1.807) is 7.11 Å². The Kier molecular flexibility index (Phi) is 6.16. The summed E-state index contributed by atoms with van der Waals surface area (Å²) in [5.41, 5.74) is 0.908. The second-order valence-corrected chi connectivity index (χ2v) is 5.24. The summed E-state index contributed by atoms with van der Waals surface area (Å²) in [5, 5.41) is 10.2. The van der Waals surface area contributed by atoms with Gasteiger partial charge in [-0.2, -0.15) is 0 Å². The fourth-order valence-corrected chi connectivity index (χ4v) is 1.82. The minimum atomic E-state index is -0.461. The zero-order valence-electron chi connectivity index (χ0n) is 11.9. The zero-order valence-corrected chi connectivity index (χ0v) is 11.9. The van der Waals surface area contributed by atoms with Crippen molar-refractivity contribution in [2.24, 2.45) is 5.92 Å². The summed E-state index contributed by atoms with van der Waals surface area (Å²) in [5.74, 6) is 1.48. The van der Waals surface area contributed by atoms with Crippen LogP contribution in [-0.4, -0.2) is 37.3 Å². The largest absolute Gasteiger partial charge is 0.497 e. The first-order valence-corrected chi connectivity index (χ1v) is 6.53. The van der Waals surface area contributed by atoms with Crippen LogP contribution >= 0.6 is 0 Å². The molecule has 1 unspecified atom stereocenters. The summed E-state index contributed by atoms with van der Waals surface area (Å²) in [7, 11) is 3.69. The third kappa shape index (κ3) is 5.07. The van der Waals surface area contributed by atoms with Crippen molar-refractivity contribution in [2.75, 3.05) is 27.2 Å². The van der Waals surface area contributed by atoms with E-state index in [2.05, 4.69) is 18.7 Å². The molecule has 1 atom stereocenters. The van der Waals surface area contributed by atoms with Crippen molar-refractivity contribution in [1.29, 1.82) is 0 Å². The second-order valence-electron chi connectivity index (χ2n) is 5.24. The smallest absolute Gasteiger partial charge is 0.119 e. The van der Waals surface area contributed by atoms with Crippen LogP contribution in [0, 0.1) is 5.92 Å². The van der Waals surface area contributed by atoms with Crippen LogP contribution in [0.15, 0.2) is 24.3 Å². The molecule has 0 heterocycles. The molecule has 0 radical (unpaired) electrons. The normalized spacial score (nSPS) is 13.1. The fourth-order valence-electron chi connectivity index (χ4n) is 1.82. The van der Waals surface area contributed by atoms with E-state index in [9.17, 15) is 5.11 Å². The molecule has 0 saturated heterocycles. The molecule has 0 aliphatic rings. The maximum Gasteiger partial charge on any atom is 0.119 e. The molecule has 0 spiro atoms. The Balaban J connectivity index is 2.50. The zero-order chi connectivity index (χ0) is 13.5. The average Bonchev–Trinajstić information content (AvgIpc) is 2.36. The predicted molar refractivity (Wildman–Crippen MR) is 74.9 cm³/mol. The van der Waals surface area contributed by atoms with Crippen molar-refractivity contribution >= 4 is 0 Å². The van der Waals surface area contributed by atoms with Crippen LogP contribution in [0.2, 0.25) is 0 Å². The highest BCUT2D eigenvalue weighted by molar-refractivity contribution is 5.29. The summed E-state index contributed by atoms with van der Waals surface area (Å²) >= 11 is 0. The number of ether oxygens (including phenoxy) is 1. The summed E-state index contributed by atoms with van der Waals surface area (Å²) in [6.07, 6.45) is 0.693. The first-order chi connectivity index (χ1) is 8.52. The van der Waals surface area contributed by atoms with Gasteiger partial charge in [0.1, 0.15) is 5.75 Å². The van der Waals surface area contributed by atoms with Crippen molar-refractivity contribution < 1.29 is 9.84 Å². The first-order valence-electron chi connectivity index (χ1n) is 6.53. The van der Waals surface area contributed by atoms with Gasteiger partial charge in [0.15, 0.2) is 0 Å². The van der Waals surface area contributed by atoms with E-state index in [0.29, 0.717) is 12.5 Å². The van der Waals surface area contributed by atoms with E-state index in [1.165, 1.54) is 0 Å². The molecule has 1 aromatic rings. The number of nitrogens with zero attached hydrogens (tertiary/aromatic N) is 1. The number of aliphatic hydroxyl groups is 1. The third-order valence-electron chi connectivity index (χ3n) is 3.05. The van der Waals surface area contributed by atoms with E-state index < -0.39 is 6.10 Å². The second kappa shape index (κ2) is 7.39. The third-order valence-corrected chi connectivity index (χ3v) is 3.05. The molecule has 0 bridgehead atoms. The van der Waals surface area contributed by atoms with Crippen LogP contribution in [-0.2, 0) is 0 Å². The molecule has 0 amide bonds. The summed E-state index contributed by atoms with van der Waals surface area (Å²) in [6, 6.07) is 7.62. The summed E-state index contributed by atoms with van der Waals surface area (Å²) < 4.78 is 5.16. The Bertz CT molecular complexity index is 352. The van der Waals surface area contributed by atoms with E-state index in [4.69, 9.17) is 4.74 Å². The first kappa shape index (κ1) is 15.0. The lowest BCUT2D eigenvalue weighted by molar-refractivity contribution is 0.124. The van der Waals surface area contributed by atoms with E-state index in [0.717, 1.165) is 24.3 Å². The van der Waals surface area contributed by atoms with Crippen molar-refractivity contribution in [3.8, 4) is 5.75 Å². The van der Waals surface area contributed by atoms with Crippen molar-refractivity contribution in [2.45, 2.75) is 26.4 Å². The number of hydrogen-bond acceptors (Lipinski definition) is 3. The minimum absolute atomic E-state index is 0.461. The average molecular weight is 251 g/mol. The SMILES string of the molecule is COc1cccc(C(O)CN(C)CCC(C)C)c1. The van der Waals surface area contributed by atoms with Crippen LogP contribution in [0.4, 0.5) is 0 Å². The van der Waals surface area contributed by atoms with Gasteiger partial charge in [0.25, 0.3) is 0 Å². The lowest BCUT2D eigenvalue weighted by Crippen LogP contribution is -2.26. The molecule has 1 rings (SSSR count). The van der Waals surface area contributed by atoms with Crippen molar-refractivity contribution in [1.82, 2.24) is 4.90 Å². The number of aliphatic hydroxyl groups excluding tert-OH is 1. The Hall–Kier alpha value is -1.06. The highest BCUT2D eigenvalue weighted by Crippen LogP contribution is 2.19. The highest BCUT2D eigenvalue weighted by atomic mass is 16.5. The number of hydrogen-bond donors (Lipinski definition) is 1. The fraction of sp³-hybridized carbons (Fsp3) is 0.600. The van der Waals surface area contributed by atoms with E-state index in [-0.39, 0.29) is 0 Å². The van der Waals surface area contributed by atoms with Gasteiger partial charge in [0, 0.05) is 6.54 Å². The van der Waals surface area contributed by atoms with Gasteiger partial charge in [-0.25, -0.2) is 0 Å². The van der Waals surface area contributed by atoms with Crippen LogP contribution in [0.3, 0.4) is 0 Å². The minimum Gasteiger partial charge on any atom is -0.497 e. The number of methoxy groups -OCH3 is 1. The number of benzene rings is 1. The molecule has 0 aromatic heterocycles. The Morgan fingerprint density at radius 2 is 2.06 bits per heavy atom. The van der Waals surface area contributed by atoms with Crippen molar-refractivity contribution in [3.63, 3.8) is 0 Å². The standard InChI is InChI=1S/C15H25NO2/c1-12(2)8-9-16(3)11-15(17)13-6-5-7-14(10-13)18-4/h5-7,10,12,15,17H,8-9,11H2,1-4H3. The van der Waals surface area contributed by atoms with Gasteiger partial charge in [-0.3, -0.25) is 0 Å². The number of likely N-dealkylation sites (N-methyl/N-ethyl adjacent to an activating group) is 1. The molecule has 0 aliphatic carbocycles. The van der Waals surface area contributed by atoms with E-state index in [1.807, 2.05) is 31.3 Å². The maximum absolute atomic E-state index is 10.2. The van der Waals surface area contributed by atoms with Gasteiger partial charge in [-0.05, 0) is 43.6 Å². The summed E-state index contributed by atoms with van der Waals surface area (Å²) in [4.78, 5) is 2.17. The molecule has 102 valence electrons. The predicted octanol–water partition coefficient (Wildman–Crippen LogP) is 2.71. The molecule has 1 N–H and O–H groups in total. The topological polar surface area (TPSA) is 32.7 Å². The molecular weight excluding hydrogens is 226 g/mol. The van der Waals surface area contributed by atoms with Crippen LogP contribution in [0.1, 0.15) is 31.9 Å². The maximum atomic E-state index is 10.2. The Morgan fingerprint density at radius 3 is 2.67 bits per heavy atom. The monoisotopic (exact) mass is 251 g/mol. The Morgan fingerprint density at radius 1 is 1.33 bits per heavy atom. The van der Waals surface area contributed by atoms with Gasteiger partial charge < -0.3 is 14.7 Å². The van der Waals surface area contributed by atoms with Crippen molar-refractivity contribution in [3.05, 3.63) is 29.8 Å². The molecular formula is C15H25NO2. The van der Waals surface area contributed by atoms with Gasteiger partial charge in [-0.1, -0.05) is 26.0 Å². The van der Waals surface area contributed by atoms with Gasteiger partial charge in [0.05, 0.1) is 13.2 Å². The molecule has 18 heavy (non-hydrogen) atoms. The van der Waals surface area contributed by atoms with Crippen LogP contribution in [0.5, 0.6) is 5.75 Å². The molecule has 3 heteroatoms. The molecule has 0 saturated carbocycles. The van der Waals surface area contributed by atoms with Gasteiger partial charge >= 0.3 is 0 Å². The van der Waals surface area contributed by atoms with Crippen LogP contribution < -0.4 is 4.74 Å². The highest BCUT2D eigenvalue weighted by Gasteiger charge is 2.11. The van der Waals surface area contributed by atoms with Crippen LogP contribution in [0.25, 0.3) is 0 Å². The Labute approximate surface area is 110 Å². The molecule has 0 fully saturated rings.